The van der Waals surface area contributed by atoms with E-state index >= 15 is 0 Å². The molecule has 22 heavy (non-hydrogen) atoms. The minimum Gasteiger partial charge on any atom is -0.497 e. The van der Waals surface area contributed by atoms with Crippen LogP contribution in [-0.2, 0) is 0 Å². The molecule has 0 amide bonds. The van der Waals surface area contributed by atoms with Gasteiger partial charge in [-0.3, -0.25) is 0 Å². The molecule has 0 aliphatic carbocycles. The molecule has 1 radical (unpaired) electrons. The Balaban J connectivity index is 1.64. The largest absolute Gasteiger partial charge is 0.497 e. The fraction of sp³-hybridized carbons (Fsp3) is 0.579. The van der Waals surface area contributed by atoms with E-state index in [2.05, 4.69) is 6.58 Å². The van der Waals surface area contributed by atoms with Crippen molar-refractivity contribution in [3.05, 3.63) is 36.9 Å². The molecule has 2 rings (SSSR count). The fourth-order valence-corrected chi connectivity index (χ4v) is 5.60. The van der Waals surface area contributed by atoms with Crippen molar-refractivity contribution in [2.45, 2.75) is 51.1 Å². The van der Waals surface area contributed by atoms with Crippen molar-refractivity contribution in [2.24, 2.45) is 5.92 Å². The molecule has 0 bridgehead atoms. The van der Waals surface area contributed by atoms with E-state index in [1.807, 2.05) is 37.3 Å². The van der Waals surface area contributed by atoms with Crippen molar-refractivity contribution in [1.29, 1.82) is 0 Å². The number of hydrogen-bond donors (Lipinski definition) is 0. The Morgan fingerprint density at radius 2 is 1.77 bits per heavy atom. The molecule has 0 saturated carbocycles. The zero-order valence-electron chi connectivity index (χ0n) is 13.9. The average Bonchev–Trinajstić information content (AvgIpc) is 2.56. The number of rotatable bonds is 9. The average molecular weight is 318 g/mol. The Morgan fingerprint density at radius 3 is 2.36 bits per heavy atom. The summed E-state index contributed by atoms with van der Waals surface area (Å²) >= 11 is 0. The molecule has 1 aromatic rings. The van der Waals surface area contributed by atoms with E-state index in [1.54, 1.807) is 0 Å². The number of ether oxygens (including phenoxy) is 2. The van der Waals surface area contributed by atoms with Gasteiger partial charge in [0.05, 0.1) is 21.6 Å². The van der Waals surface area contributed by atoms with Gasteiger partial charge in [0.1, 0.15) is 11.5 Å². The quantitative estimate of drug-likeness (QED) is 0.351. The lowest BCUT2D eigenvalue weighted by Gasteiger charge is -2.27. The summed E-state index contributed by atoms with van der Waals surface area (Å²) in [5, 5.41) is 0. The van der Waals surface area contributed by atoms with Gasteiger partial charge in [0.2, 0.25) is 0 Å². The highest BCUT2D eigenvalue weighted by atomic mass is 28.3. The number of hydrogen-bond acceptors (Lipinski definition) is 2. The summed E-state index contributed by atoms with van der Waals surface area (Å²) in [6.07, 6.45) is 9.71. The summed E-state index contributed by atoms with van der Waals surface area (Å²) in [6, 6.07) is 10.9. The Morgan fingerprint density at radius 1 is 1.14 bits per heavy atom. The molecule has 1 heterocycles. The first kappa shape index (κ1) is 17.1. The van der Waals surface area contributed by atoms with Crippen LogP contribution in [0.2, 0.25) is 12.1 Å². The predicted octanol–water partition coefficient (Wildman–Crippen LogP) is 5.26. The molecule has 0 N–H and O–H groups in total. The molecular weight excluding hydrogens is 288 g/mol. The molecule has 0 spiro atoms. The van der Waals surface area contributed by atoms with Crippen LogP contribution in [0.3, 0.4) is 0 Å². The van der Waals surface area contributed by atoms with Crippen LogP contribution in [0.25, 0.3) is 0 Å². The second kappa shape index (κ2) is 9.72. The monoisotopic (exact) mass is 317 g/mol. The van der Waals surface area contributed by atoms with Crippen LogP contribution < -0.4 is 9.47 Å². The third-order valence-electron chi connectivity index (χ3n) is 4.41. The van der Waals surface area contributed by atoms with E-state index in [0.717, 1.165) is 23.6 Å². The normalized spacial score (nSPS) is 16.4. The minimum absolute atomic E-state index is 0.302. The van der Waals surface area contributed by atoms with Gasteiger partial charge in [0, 0.05) is 0 Å². The van der Waals surface area contributed by atoms with Crippen LogP contribution in [0.15, 0.2) is 36.9 Å². The van der Waals surface area contributed by atoms with Crippen molar-refractivity contribution < 1.29 is 9.47 Å². The lowest BCUT2D eigenvalue weighted by atomic mass is 9.96. The van der Waals surface area contributed by atoms with E-state index in [0.29, 0.717) is 6.61 Å². The standard InChI is InChI=1S/C19H29O2Si/c1-3-5-6-7-17-12-14-22(15-13-17)16-21-19-10-8-18(9-11-19)20-4-2/h3,8-11,17H,1,4-7,12-16H2,2H3. The molecule has 2 nitrogen and oxygen atoms in total. The van der Waals surface area contributed by atoms with Gasteiger partial charge in [-0.15, -0.1) is 6.58 Å². The highest BCUT2D eigenvalue weighted by molar-refractivity contribution is 6.58. The third kappa shape index (κ3) is 5.88. The van der Waals surface area contributed by atoms with Crippen molar-refractivity contribution in [3.8, 4) is 11.5 Å². The van der Waals surface area contributed by atoms with E-state index in [4.69, 9.17) is 9.47 Å². The summed E-state index contributed by atoms with van der Waals surface area (Å²) in [7, 11) is -0.302. The number of allylic oxidation sites excluding steroid dienone is 1. The molecule has 1 aliphatic heterocycles. The van der Waals surface area contributed by atoms with Crippen molar-refractivity contribution in [3.63, 3.8) is 0 Å². The van der Waals surface area contributed by atoms with Crippen LogP contribution in [-0.4, -0.2) is 21.6 Å². The summed E-state index contributed by atoms with van der Waals surface area (Å²) < 4.78 is 11.4. The third-order valence-corrected chi connectivity index (χ3v) is 6.95. The summed E-state index contributed by atoms with van der Waals surface area (Å²) in [4.78, 5) is 0. The van der Waals surface area contributed by atoms with Gasteiger partial charge < -0.3 is 9.47 Å². The Hall–Kier alpha value is -1.22. The van der Waals surface area contributed by atoms with Gasteiger partial charge >= 0.3 is 0 Å². The van der Waals surface area contributed by atoms with Gasteiger partial charge in [-0.25, -0.2) is 0 Å². The van der Waals surface area contributed by atoms with Gasteiger partial charge in [-0.2, -0.15) is 0 Å². The smallest absolute Gasteiger partial charge is 0.119 e. The maximum atomic E-state index is 5.99. The van der Waals surface area contributed by atoms with Gasteiger partial charge in [0.15, 0.2) is 0 Å². The van der Waals surface area contributed by atoms with Crippen molar-refractivity contribution in [1.82, 2.24) is 0 Å². The second-order valence-corrected chi connectivity index (χ2v) is 8.89. The maximum Gasteiger partial charge on any atom is 0.119 e. The summed E-state index contributed by atoms with van der Waals surface area (Å²) in [6.45, 7) is 6.52. The molecular formula is C19H29O2Si. The molecule has 0 aromatic heterocycles. The summed E-state index contributed by atoms with van der Waals surface area (Å²) in [5.41, 5.74) is 0. The first-order valence-electron chi connectivity index (χ1n) is 8.62. The summed E-state index contributed by atoms with van der Waals surface area (Å²) in [5.74, 6) is 2.86. The minimum atomic E-state index is -0.302. The molecule has 121 valence electrons. The first-order chi connectivity index (χ1) is 10.8. The molecule has 1 fully saturated rings. The molecule has 0 unspecified atom stereocenters. The second-order valence-electron chi connectivity index (χ2n) is 6.11. The Labute approximate surface area is 137 Å². The molecule has 1 aromatic carbocycles. The van der Waals surface area contributed by atoms with Crippen LogP contribution in [0, 0.1) is 5.92 Å². The zero-order valence-corrected chi connectivity index (χ0v) is 14.9. The Bertz CT molecular complexity index is 422. The zero-order chi connectivity index (χ0) is 15.6. The maximum absolute atomic E-state index is 5.99. The first-order valence-corrected chi connectivity index (χ1v) is 10.7. The van der Waals surface area contributed by atoms with Crippen LogP contribution in [0.1, 0.15) is 39.0 Å². The highest BCUT2D eigenvalue weighted by Gasteiger charge is 2.22. The van der Waals surface area contributed by atoms with Crippen LogP contribution in [0.5, 0.6) is 11.5 Å². The fourth-order valence-electron chi connectivity index (χ4n) is 3.05. The van der Waals surface area contributed by atoms with E-state index in [-0.39, 0.29) is 8.80 Å². The molecule has 3 heteroatoms. The van der Waals surface area contributed by atoms with E-state index in [1.165, 1.54) is 44.2 Å². The van der Waals surface area contributed by atoms with E-state index in [9.17, 15) is 0 Å². The van der Waals surface area contributed by atoms with E-state index < -0.39 is 0 Å². The van der Waals surface area contributed by atoms with Crippen LogP contribution >= 0.6 is 0 Å². The lowest BCUT2D eigenvalue weighted by molar-refractivity contribution is 0.337. The molecule has 1 aliphatic rings. The topological polar surface area (TPSA) is 18.5 Å². The lowest BCUT2D eigenvalue weighted by Crippen LogP contribution is -2.28. The van der Waals surface area contributed by atoms with Gasteiger partial charge in [0.25, 0.3) is 0 Å². The Kier molecular flexibility index (Phi) is 7.57. The predicted molar refractivity (Wildman–Crippen MR) is 95.2 cm³/mol. The number of benzene rings is 1. The van der Waals surface area contributed by atoms with Crippen molar-refractivity contribution >= 4 is 8.80 Å². The molecule has 1 saturated heterocycles. The highest BCUT2D eigenvalue weighted by Crippen LogP contribution is 2.29. The number of unbranched alkanes of at least 4 members (excludes halogenated alkanes) is 1. The van der Waals surface area contributed by atoms with Crippen LogP contribution in [0.4, 0.5) is 0 Å². The SMILES string of the molecule is C=CCCCC1CC[Si](COc2ccc(OCC)cc2)CC1. The van der Waals surface area contributed by atoms with Crippen molar-refractivity contribution in [2.75, 3.05) is 12.8 Å². The molecule has 0 atom stereocenters. The van der Waals surface area contributed by atoms with Gasteiger partial charge in [-0.05, 0) is 49.9 Å². The van der Waals surface area contributed by atoms with Gasteiger partial charge in [-0.1, -0.05) is 37.4 Å².